The summed E-state index contributed by atoms with van der Waals surface area (Å²) in [6.45, 7) is 1.73. The van der Waals surface area contributed by atoms with E-state index in [0.717, 1.165) is 19.4 Å². The summed E-state index contributed by atoms with van der Waals surface area (Å²) >= 11 is 0. The minimum Gasteiger partial charge on any atom is -0.455 e. The standard InChI is InChI=1S/C11H17N3O3/c12-13-11(16)10-4-3-9(17-10)6-14-5-1-2-8(14)7-15/h3-4,8,15H,1-2,5-7,12H2,(H,13,16). The van der Waals surface area contributed by atoms with Gasteiger partial charge in [0.05, 0.1) is 13.2 Å². The van der Waals surface area contributed by atoms with Crippen molar-refractivity contribution in [3.8, 4) is 0 Å². The van der Waals surface area contributed by atoms with E-state index in [1.54, 1.807) is 12.1 Å². The van der Waals surface area contributed by atoms with Gasteiger partial charge in [-0.25, -0.2) is 5.84 Å². The fraction of sp³-hybridized carbons (Fsp3) is 0.545. The van der Waals surface area contributed by atoms with Gasteiger partial charge in [0.15, 0.2) is 5.76 Å². The van der Waals surface area contributed by atoms with E-state index in [0.29, 0.717) is 12.3 Å². The molecule has 94 valence electrons. The van der Waals surface area contributed by atoms with E-state index in [2.05, 4.69) is 4.90 Å². The topological polar surface area (TPSA) is 91.7 Å². The van der Waals surface area contributed by atoms with Gasteiger partial charge in [0.2, 0.25) is 0 Å². The van der Waals surface area contributed by atoms with Crippen molar-refractivity contribution in [2.45, 2.75) is 25.4 Å². The Balaban J connectivity index is 1.99. The molecule has 1 aromatic heterocycles. The van der Waals surface area contributed by atoms with Crippen LogP contribution in [0.2, 0.25) is 0 Å². The SMILES string of the molecule is NNC(=O)c1ccc(CN2CCCC2CO)o1. The summed E-state index contributed by atoms with van der Waals surface area (Å²) in [5.41, 5.74) is 2.02. The largest absolute Gasteiger partial charge is 0.455 e. The fourth-order valence-electron chi connectivity index (χ4n) is 2.17. The molecule has 0 aliphatic carbocycles. The van der Waals surface area contributed by atoms with Crippen molar-refractivity contribution in [1.29, 1.82) is 0 Å². The minimum atomic E-state index is -0.434. The van der Waals surface area contributed by atoms with Crippen LogP contribution < -0.4 is 11.3 Å². The second-order valence-corrected chi connectivity index (χ2v) is 4.19. The Morgan fingerprint density at radius 2 is 2.47 bits per heavy atom. The molecule has 1 saturated heterocycles. The number of aliphatic hydroxyl groups is 1. The zero-order chi connectivity index (χ0) is 12.3. The Hall–Kier alpha value is -1.37. The van der Waals surface area contributed by atoms with Crippen molar-refractivity contribution in [3.63, 3.8) is 0 Å². The van der Waals surface area contributed by atoms with Crippen molar-refractivity contribution in [1.82, 2.24) is 10.3 Å². The molecule has 1 aliphatic rings. The van der Waals surface area contributed by atoms with Crippen LogP contribution >= 0.6 is 0 Å². The molecule has 1 aliphatic heterocycles. The number of carbonyl (C=O) groups excluding carboxylic acids is 1. The minimum absolute atomic E-state index is 0.164. The number of aliphatic hydroxyl groups excluding tert-OH is 1. The molecule has 4 N–H and O–H groups in total. The molecule has 0 saturated carbocycles. The molecule has 0 radical (unpaired) electrons. The summed E-state index contributed by atoms with van der Waals surface area (Å²) < 4.78 is 5.38. The van der Waals surface area contributed by atoms with E-state index >= 15 is 0 Å². The Bertz CT molecular complexity index is 391. The predicted molar refractivity (Wildman–Crippen MR) is 60.9 cm³/mol. The number of furan rings is 1. The number of hydrogen-bond acceptors (Lipinski definition) is 5. The molecule has 1 amide bonds. The van der Waals surface area contributed by atoms with Crippen LogP contribution in [-0.2, 0) is 6.54 Å². The lowest BCUT2D eigenvalue weighted by atomic mass is 10.2. The first-order valence-corrected chi connectivity index (χ1v) is 5.69. The first-order valence-electron chi connectivity index (χ1n) is 5.69. The van der Waals surface area contributed by atoms with E-state index < -0.39 is 5.91 Å². The fourth-order valence-corrected chi connectivity index (χ4v) is 2.17. The molecule has 6 nitrogen and oxygen atoms in total. The van der Waals surface area contributed by atoms with Gasteiger partial charge < -0.3 is 9.52 Å². The number of nitrogens with zero attached hydrogens (tertiary/aromatic N) is 1. The van der Waals surface area contributed by atoms with Gasteiger partial charge in [-0.1, -0.05) is 0 Å². The van der Waals surface area contributed by atoms with E-state index in [9.17, 15) is 9.90 Å². The smallest absolute Gasteiger partial charge is 0.300 e. The highest BCUT2D eigenvalue weighted by atomic mass is 16.4. The second kappa shape index (κ2) is 5.31. The number of hydrazine groups is 1. The van der Waals surface area contributed by atoms with Gasteiger partial charge in [-0.15, -0.1) is 0 Å². The lowest BCUT2D eigenvalue weighted by Crippen LogP contribution is -2.31. The molecule has 2 heterocycles. The summed E-state index contributed by atoms with van der Waals surface area (Å²) in [6.07, 6.45) is 2.09. The molecule has 2 rings (SSSR count). The Morgan fingerprint density at radius 3 is 3.18 bits per heavy atom. The molecular weight excluding hydrogens is 222 g/mol. The predicted octanol–water partition coefficient (Wildman–Crippen LogP) is -0.160. The number of likely N-dealkylation sites (tertiary alicyclic amines) is 1. The molecule has 6 heteroatoms. The summed E-state index contributed by atoms with van der Waals surface area (Å²) in [5, 5.41) is 9.19. The second-order valence-electron chi connectivity index (χ2n) is 4.19. The van der Waals surface area contributed by atoms with Crippen LogP contribution in [0.1, 0.15) is 29.2 Å². The van der Waals surface area contributed by atoms with Crippen molar-refractivity contribution >= 4 is 5.91 Å². The summed E-state index contributed by atoms with van der Waals surface area (Å²) in [6, 6.07) is 3.56. The van der Waals surface area contributed by atoms with E-state index in [1.807, 2.05) is 5.43 Å². The molecule has 0 spiro atoms. The van der Waals surface area contributed by atoms with Gasteiger partial charge >= 0.3 is 5.91 Å². The van der Waals surface area contributed by atoms with Crippen LogP contribution in [0.15, 0.2) is 16.5 Å². The Kier molecular flexibility index (Phi) is 3.78. The number of nitrogens with two attached hydrogens (primary N) is 1. The monoisotopic (exact) mass is 239 g/mol. The van der Waals surface area contributed by atoms with Crippen LogP contribution in [-0.4, -0.2) is 35.1 Å². The first-order chi connectivity index (χ1) is 8.24. The van der Waals surface area contributed by atoms with Gasteiger partial charge in [0.25, 0.3) is 0 Å². The Morgan fingerprint density at radius 1 is 1.65 bits per heavy atom. The summed E-state index contributed by atoms with van der Waals surface area (Å²) in [5.74, 6) is 5.51. The third-order valence-corrected chi connectivity index (χ3v) is 3.09. The number of amides is 1. The lowest BCUT2D eigenvalue weighted by Gasteiger charge is -2.21. The van der Waals surface area contributed by atoms with Gasteiger partial charge in [-0.05, 0) is 31.5 Å². The molecule has 1 atom stereocenters. The maximum atomic E-state index is 11.2. The highest BCUT2D eigenvalue weighted by molar-refractivity contribution is 5.90. The maximum absolute atomic E-state index is 11.2. The van der Waals surface area contributed by atoms with Crippen molar-refractivity contribution in [3.05, 3.63) is 23.7 Å². The average Bonchev–Trinajstić information content (AvgIpc) is 2.97. The number of rotatable bonds is 4. The molecule has 17 heavy (non-hydrogen) atoms. The lowest BCUT2D eigenvalue weighted by molar-refractivity contribution is 0.0919. The van der Waals surface area contributed by atoms with Crippen LogP contribution in [0.3, 0.4) is 0 Å². The molecule has 1 fully saturated rings. The number of carbonyl (C=O) groups is 1. The molecule has 1 unspecified atom stereocenters. The van der Waals surface area contributed by atoms with E-state index in [1.165, 1.54) is 0 Å². The van der Waals surface area contributed by atoms with Crippen molar-refractivity contribution < 1.29 is 14.3 Å². The number of nitrogens with one attached hydrogen (secondary N) is 1. The highest BCUT2D eigenvalue weighted by Gasteiger charge is 2.24. The third-order valence-electron chi connectivity index (χ3n) is 3.09. The van der Waals surface area contributed by atoms with Crippen LogP contribution in [0.4, 0.5) is 0 Å². The van der Waals surface area contributed by atoms with Crippen molar-refractivity contribution in [2.75, 3.05) is 13.2 Å². The number of hydrogen-bond donors (Lipinski definition) is 3. The quantitative estimate of drug-likeness (QED) is 0.386. The zero-order valence-corrected chi connectivity index (χ0v) is 9.56. The molecular formula is C11H17N3O3. The summed E-state index contributed by atoms with van der Waals surface area (Å²) in [4.78, 5) is 13.4. The van der Waals surface area contributed by atoms with Gasteiger partial charge in [-0.2, -0.15) is 0 Å². The van der Waals surface area contributed by atoms with E-state index in [-0.39, 0.29) is 18.4 Å². The van der Waals surface area contributed by atoms with Crippen LogP contribution in [0.25, 0.3) is 0 Å². The van der Waals surface area contributed by atoms with Crippen LogP contribution in [0.5, 0.6) is 0 Å². The number of nitrogen functional groups attached to an aromatic ring is 1. The highest BCUT2D eigenvalue weighted by Crippen LogP contribution is 2.20. The van der Waals surface area contributed by atoms with Gasteiger partial charge in [0, 0.05) is 6.04 Å². The average molecular weight is 239 g/mol. The zero-order valence-electron chi connectivity index (χ0n) is 9.56. The molecule has 0 aromatic carbocycles. The summed E-state index contributed by atoms with van der Waals surface area (Å²) in [7, 11) is 0. The van der Waals surface area contributed by atoms with Gasteiger partial charge in [0.1, 0.15) is 5.76 Å². The molecule has 1 aromatic rings. The first kappa shape index (κ1) is 12.1. The molecule has 0 bridgehead atoms. The van der Waals surface area contributed by atoms with E-state index in [4.69, 9.17) is 10.3 Å². The van der Waals surface area contributed by atoms with Gasteiger partial charge in [-0.3, -0.25) is 15.1 Å². The third kappa shape index (κ3) is 2.66. The normalized spacial score (nSPS) is 20.7. The van der Waals surface area contributed by atoms with Crippen LogP contribution in [0, 0.1) is 0 Å². The van der Waals surface area contributed by atoms with Crippen molar-refractivity contribution in [2.24, 2.45) is 5.84 Å². The Labute approximate surface area is 99.3 Å². The maximum Gasteiger partial charge on any atom is 0.300 e.